The van der Waals surface area contributed by atoms with Crippen LogP contribution in [0.1, 0.15) is 101 Å². The van der Waals surface area contributed by atoms with Gasteiger partial charge in [-0.1, -0.05) is 108 Å². The first-order chi connectivity index (χ1) is 24.3. The Morgan fingerprint density at radius 2 is 1.57 bits per heavy atom. The number of nitrogens with one attached hydrogen (secondary N) is 3. The molecule has 11 nitrogen and oxygen atoms in total. The lowest BCUT2D eigenvalue weighted by Crippen LogP contribution is -2.60. The maximum absolute atomic E-state index is 14.9. The second kappa shape index (κ2) is 18.2. The van der Waals surface area contributed by atoms with Gasteiger partial charge in [0.1, 0.15) is 6.04 Å². The van der Waals surface area contributed by atoms with Crippen LogP contribution in [0.2, 0.25) is 0 Å². The summed E-state index contributed by atoms with van der Waals surface area (Å²) in [7, 11) is 0. The van der Waals surface area contributed by atoms with Crippen molar-refractivity contribution in [2.24, 2.45) is 23.5 Å². The number of fused-ring (bicyclic) bond motifs is 1. The van der Waals surface area contributed by atoms with E-state index in [0.717, 1.165) is 42.6 Å². The average molecular weight is 702 g/mol. The molecule has 2 aromatic carbocycles. The molecule has 4 atom stereocenters. The largest absolute Gasteiger partial charge is 0.390 e. The zero-order chi connectivity index (χ0) is 37.2. The molecular weight excluding hydrogens is 646 g/mol. The fraction of sp³-hybridized carbons (Fsp3) is 0.525. The van der Waals surface area contributed by atoms with Crippen LogP contribution < -0.4 is 21.7 Å². The van der Waals surface area contributed by atoms with Gasteiger partial charge in [0.05, 0.1) is 30.3 Å². The molecule has 2 aromatic rings. The highest BCUT2D eigenvalue weighted by atomic mass is 16.3. The van der Waals surface area contributed by atoms with Crippen molar-refractivity contribution in [3.8, 4) is 0 Å². The number of aliphatic hydroxyl groups excluding tert-OH is 1. The van der Waals surface area contributed by atoms with Crippen molar-refractivity contribution in [2.45, 2.75) is 110 Å². The standard InChI is InChI=1S/C40H55N5O6/c1-24(2)23-42-34(48)22-33(47)32(21-28-16-10-7-11-17-28)43-39(50)37(35(25(3)4)36-29-18-12-13-19-30(29)38(49)44-36)45(26(5)46)40(51)31(41)20-27-14-8-6-9-15-27/h6,8-9,12-15,18-19,24-25,28,31-33,37,47H,7,10-11,16-17,20-23,41H2,1-5H3,(H,42,48)(H,43,50)(H,44,49)/t31-,32-,33-,37-/m0/s1. The average Bonchev–Trinajstić information content (AvgIpc) is 3.42. The third kappa shape index (κ3) is 10.4. The number of aliphatic hydroxyl groups is 1. The Morgan fingerprint density at radius 3 is 2.18 bits per heavy atom. The number of nitrogens with two attached hydrogens (primary N) is 1. The normalized spacial score (nSPS) is 17.9. The predicted octanol–water partition coefficient (Wildman–Crippen LogP) is 4.09. The van der Waals surface area contributed by atoms with E-state index in [2.05, 4.69) is 16.0 Å². The van der Waals surface area contributed by atoms with Crippen LogP contribution in [0.15, 0.2) is 60.2 Å². The van der Waals surface area contributed by atoms with Crippen molar-refractivity contribution in [2.75, 3.05) is 6.54 Å². The quantitative estimate of drug-likeness (QED) is 0.186. The third-order valence-corrected chi connectivity index (χ3v) is 9.79. The van der Waals surface area contributed by atoms with Crippen LogP contribution in [0.25, 0.3) is 5.70 Å². The van der Waals surface area contributed by atoms with Crippen LogP contribution >= 0.6 is 0 Å². The lowest BCUT2D eigenvalue weighted by Gasteiger charge is -2.37. The van der Waals surface area contributed by atoms with Crippen LogP contribution in [0.4, 0.5) is 0 Å². The van der Waals surface area contributed by atoms with Gasteiger partial charge in [-0.3, -0.25) is 28.9 Å². The maximum Gasteiger partial charge on any atom is 0.256 e. The minimum Gasteiger partial charge on any atom is -0.390 e. The lowest BCUT2D eigenvalue weighted by molar-refractivity contribution is -0.151. The van der Waals surface area contributed by atoms with E-state index < -0.39 is 47.9 Å². The maximum atomic E-state index is 14.9. The van der Waals surface area contributed by atoms with E-state index in [0.29, 0.717) is 35.4 Å². The van der Waals surface area contributed by atoms with E-state index in [9.17, 15) is 29.1 Å². The summed E-state index contributed by atoms with van der Waals surface area (Å²) in [5.74, 6) is -2.86. The van der Waals surface area contributed by atoms with E-state index in [1.165, 1.54) is 6.92 Å². The van der Waals surface area contributed by atoms with Crippen LogP contribution in [0.3, 0.4) is 0 Å². The minimum atomic E-state index is -1.52. The van der Waals surface area contributed by atoms with Gasteiger partial charge in [-0.2, -0.15) is 0 Å². The van der Waals surface area contributed by atoms with E-state index >= 15 is 0 Å². The molecule has 0 spiro atoms. The van der Waals surface area contributed by atoms with Crippen molar-refractivity contribution < 1.29 is 29.1 Å². The predicted molar refractivity (Wildman–Crippen MR) is 197 cm³/mol. The Morgan fingerprint density at radius 1 is 0.941 bits per heavy atom. The second-order valence-corrected chi connectivity index (χ2v) is 14.7. The highest BCUT2D eigenvalue weighted by Crippen LogP contribution is 2.34. The van der Waals surface area contributed by atoms with Crippen molar-refractivity contribution in [1.82, 2.24) is 20.9 Å². The first kappa shape index (κ1) is 39.4. The molecule has 276 valence electrons. The van der Waals surface area contributed by atoms with E-state index in [1.54, 1.807) is 24.3 Å². The molecule has 1 heterocycles. The summed E-state index contributed by atoms with van der Waals surface area (Å²) in [6, 6.07) is 12.6. The van der Waals surface area contributed by atoms with Gasteiger partial charge >= 0.3 is 0 Å². The molecule has 0 saturated heterocycles. The molecule has 0 bridgehead atoms. The molecule has 1 saturated carbocycles. The van der Waals surface area contributed by atoms with Crippen LogP contribution in [0.5, 0.6) is 0 Å². The van der Waals surface area contributed by atoms with Gasteiger partial charge in [0.2, 0.25) is 23.6 Å². The summed E-state index contributed by atoms with van der Waals surface area (Å²) in [6.07, 6.45) is 4.14. The van der Waals surface area contributed by atoms with Crippen molar-refractivity contribution in [3.05, 3.63) is 76.9 Å². The monoisotopic (exact) mass is 701 g/mol. The molecule has 5 amide bonds. The molecule has 0 unspecified atom stereocenters. The fourth-order valence-corrected chi connectivity index (χ4v) is 7.19. The summed E-state index contributed by atoms with van der Waals surface area (Å²) in [4.78, 5) is 69.7. The summed E-state index contributed by atoms with van der Waals surface area (Å²) in [5.41, 5.74) is 8.92. The van der Waals surface area contributed by atoms with Gasteiger partial charge in [-0.15, -0.1) is 0 Å². The molecule has 6 N–H and O–H groups in total. The van der Waals surface area contributed by atoms with E-state index in [4.69, 9.17) is 5.73 Å². The van der Waals surface area contributed by atoms with Gasteiger partial charge in [0.25, 0.3) is 5.91 Å². The van der Waals surface area contributed by atoms with Crippen LogP contribution in [-0.2, 0) is 25.6 Å². The molecule has 1 aliphatic heterocycles. The molecule has 11 heteroatoms. The van der Waals surface area contributed by atoms with Gasteiger partial charge < -0.3 is 26.8 Å². The zero-order valence-corrected chi connectivity index (χ0v) is 30.6. The van der Waals surface area contributed by atoms with Gasteiger partial charge in [0.15, 0.2) is 0 Å². The van der Waals surface area contributed by atoms with E-state index in [-0.39, 0.29) is 36.5 Å². The molecule has 51 heavy (non-hydrogen) atoms. The molecule has 0 aromatic heterocycles. The SMILES string of the molecule is CC(=O)N(C(=O)[C@@H](N)Cc1ccccc1)[C@H](C(=O)N[C@@H](CC1CCCCC1)[C@@H](O)CC(=O)NCC(C)C)C(=C1NC(=O)c2ccccc21)C(C)C. The Bertz CT molecular complexity index is 1580. The number of benzene rings is 2. The zero-order valence-electron chi connectivity index (χ0n) is 30.6. The van der Waals surface area contributed by atoms with Crippen molar-refractivity contribution in [3.63, 3.8) is 0 Å². The summed E-state index contributed by atoms with van der Waals surface area (Å²) >= 11 is 0. The topological polar surface area (TPSA) is 171 Å². The Labute approximate surface area is 301 Å². The first-order valence-corrected chi connectivity index (χ1v) is 18.3. The molecule has 2 aliphatic rings. The lowest BCUT2D eigenvalue weighted by atomic mass is 9.83. The molecule has 4 rings (SSSR count). The Hall–Kier alpha value is -4.35. The Balaban J connectivity index is 1.79. The van der Waals surface area contributed by atoms with Crippen molar-refractivity contribution in [1.29, 1.82) is 0 Å². The highest BCUT2D eigenvalue weighted by Gasteiger charge is 2.43. The van der Waals surface area contributed by atoms with E-state index in [1.807, 2.05) is 58.0 Å². The van der Waals surface area contributed by atoms with Crippen molar-refractivity contribution >= 4 is 35.2 Å². The third-order valence-electron chi connectivity index (χ3n) is 9.79. The number of imide groups is 1. The molecule has 1 aliphatic carbocycles. The van der Waals surface area contributed by atoms with Crippen LogP contribution in [0, 0.1) is 17.8 Å². The van der Waals surface area contributed by atoms with Gasteiger partial charge in [0, 0.05) is 24.6 Å². The second-order valence-electron chi connectivity index (χ2n) is 14.7. The highest BCUT2D eigenvalue weighted by molar-refractivity contribution is 6.11. The number of hydrogen-bond donors (Lipinski definition) is 5. The first-order valence-electron chi connectivity index (χ1n) is 18.3. The smallest absolute Gasteiger partial charge is 0.256 e. The summed E-state index contributed by atoms with van der Waals surface area (Å²) < 4.78 is 0. The number of amides is 5. The fourth-order valence-electron chi connectivity index (χ4n) is 7.19. The number of nitrogens with zero attached hydrogens (tertiary/aromatic N) is 1. The number of carbonyl (C=O) groups excluding carboxylic acids is 5. The Kier molecular flexibility index (Phi) is 14.1. The summed E-state index contributed by atoms with van der Waals surface area (Å²) in [5, 5.41) is 20.3. The molecular formula is C40H55N5O6. The molecule has 1 fully saturated rings. The molecule has 0 radical (unpaired) electrons. The minimum absolute atomic E-state index is 0.124. The van der Waals surface area contributed by atoms with Crippen LogP contribution in [-0.4, -0.2) is 70.3 Å². The van der Waals surface area contributed by atoms with Gasteiger partial charge in [-0.05, 0) is 47.8 Å². The number of carbonyl (C=O) groups is 5. The summed E-state index contributed by atoms with van der Waals surface area (Å²) in [6.45, 7) is 9.27. The number of rotatable bonds is 15. The number of hydrogen-bond acceptors (Lipinski definition) is 7. The van der Waals surface area contributed by atoms with Gasteiger partial charge in [-0.25, -0.2) is 0 Å².